The number of hydrogen-bond donors (Lipinski definition) is 1. The Bertz CT molecular complexity index is 416. The normalized spacial score (nSPS) is 20.8. The van der Waals surface area contributed by atoms with Crippen LogP contribution in [0.15, 0.2) is 24.3 Å². The molecule has 0 saturated carbocycles. The summed E-state index contributed by atoms with van der Waals surface area (Å²) in [4.78, 5) is 5.01. The average Bonchev–Trinajstić information content (AvgIpc) is 2.48. The lowest BCUT2D eigenvalue weighted by Gasteiger charge is -2.41. The van der Waals surface area contributed by atoms with Crippen LogP contribution in [0, 0.1) is 0 Å². The summed E-state index contributed by atoms with van der Waals surface area (Å²) in [5.74, 6) is 0. The van der Waals surface area contributed by atoms with Crippen LogP contribution < -0.4 is 5.73 Å². The zero-order valence-electron chi connectivity index (χ0n) is 12.6. The van der Waals surface area contributed by atoms with Crippen LogP contribution >= 0.6 is 11.6 Å². The van der Waals surface area contributed by atoms with Gasteiger partial charge in [0.05, 0.1) is 6.04 Å². The summed E-state index contributed by atoms with van der Waals surface area (Å²) in [6.45, 7) is 9.94. The van der Waals surface area contributed by atoms with Crippen molar-refractivity contribution in [2.45, 2.75) is 32.4 Å². The lowest BCUT2D eigenvalue weighted by Crippen LogP contribution is -2.51. The third kappa shape index (κ3) is 3.73. The Balaban J connectivity index is 2.16. The van der Waals surface area contributed by atoms with Gasteiger partial charge in [-0.15, -0.1) is 0 Å². The fourth-order valence-corrected chi connectivity index (χ4v) is 3.20. The van der Waals surface area contributed by atoms with E-state index in [9.17, 15) is 0 Å². The third-order valence-electron chi connectivity index (χ3n) is 4.31. The van der Waals surface area contributed by atoms with E-state index in [4.69, 9.17) is 17.3 Å². The molecule has 0 spiro atoms. The molecule has 0 amide bonds. The van der Waals surface area contributed by atoms with Crippen molar-refractivity contribution in [3.05, 3.63) is 34.9 Å². The number of piperazine rings is 1. The van der Waals surface area contributed by atoms with E-state index in [1.165, 1.54) is 5.56 Å². The molecule has 1 aliphatic rings. The van der Waals surface area contributed by atoms with E-state index in [1.54, 1.807) is 0 Å². The Hall–Kier alpha value is -0.610. The van der Waals surface area contributed by atoms with Crippen molar-refractivity contribution in [2.75, 3.05) is 32.7 Å². The van der Waals surface area contributed by atoms with Crippen molar-refractivity contribution in [1.29, 1.82) is 0 Å². The standard InChI is InChI=1S/C16H26ClN3/c1-3-15(18)16(13-6-5-7-14(17)12-13)20-10-8-19(4-2)9-11-20/h5-7,12,15-16H,3-4,8-11,18H2,1-2H3. The van der Waals surface area contributed by atoms with E-state index in [2.05, 4.69) is 35.8 Å². The molecule has 20 heavy (non-hydrogen) atoms. The highest BCUT2D eigenvalue weighted by Gasteiger charge is 2.28. The highest BCUT2D eigenvalue weighted by Crippen LogP contribution is 2.28. The Kier molecular flexibility index (Phi) is 5.85. The molecular formula is C16H26ClN3. The fourth-order valence-electron chi connectivity index (χ4n) is 3.00. The molecule has 2 atom stereocenters. The average molecular weight is 296 g/mol. The van der Waals surface area contributed by atoms with Crippen LogP contribution in [-0.2, 0) is 0 Å². The molecule has 2 unspecified atom stereocenters. The number of benzene rings is 1. The first kappa shape index (κ1) is 15.8. The molecule has 1 fully saturated rings. The number of halogens is 1. The summed E-state index contributed by atoms with van der Waals surface area (Å²) in [7, 11) is 0. The summed E-state index contributed by atoms with van der Waals surface area (Å²) in [5, 5.41) is 0.794. The molecule has 2 rings (SSSR count). The van der Waals surface area contributed by atoms with Gasteiger partial charge in [-0.05, 0) is 30.7 Å². The van der Waals surface area contributed by atoms with E-state index < -0.39 is 0 Å². The first-order valence-electron chi connectivity index (χ1n) is 7.63. The topological polar surface area (TPSA) is 32.5 Å². The smallest absolute Gasteiger partial charge is 0.0500 e. The number of rotatable bonds is 5. The molecule has 1 aromatic rings. The van der Waals surface area contributed by atoms with E-state index in [1.807, 2.05) is 12.1 Å². The first-order chi connectivity index (χ1) is 9.65. The largest absolute Gasteiger partial charge is 0.326 e. The van der Waals surface area contributed by atoms with Crippen molar-refractivity contribution in [2.24, 2.45) is 5.73 Å². The van der Waals surface area contributed by atoms with Gasteiger partial charge in [0, 0.05) is 37.2 Å². The molecule has 2 N–H and O–H groups in total. The van der Waals surface area contributed by atoms with Crippen LogP contribution in [0.25, 0.3) is 0 Å². The van der Waals surface area contributed by atoms with Gasteiger partial charge in [0.2, 0.25) is 0 Å². The number of hydrogen-bond acceptors (Lipinski definition) is 3. The van der Waals surface area contributed by atoms with Crippen molar-refractivity contribution in [1.82, 2.24) is 9.80 Å². The molecule has 112 valence electrons. The SMILES string of the molecule is CCC(N)C(c1cccc(Cl)c1)N1CCN(CC)CC1. The van der Waals surface area contributed by atoms with Gasteiger partial charge in [0.25, 0.3) is 0 Å². The van der Waals surface area contributed by atoms with Crippen LogP contribution in [0.4, 0.5) is 0 Å². The van der Waals surface area contributed by atoms with Crippen molar-refractivity contribution in [3.63, 3.8) is 0 Å². The van der Waals surface area contributed by atoms with E-state index >= 15 is 0 Å². The minimum atomic E-state index is 0.154. The van der Waals surface area contributed by atoms with Gasteiger partial charge in [-0.1, -0.05) is 37.6 Å². The van der Waals surface area contributed by atoms with Gasteiger partial charge in [-0.3, -0.25) is 4.90 Å². The first-order valence-corrected chi connectivity index (χ1v) is 8.01. The zero-order valence-corrected chi connectivity index (χ0v) is 13.3. The van der Waals surface area contributed by atoms with Gasteiger partial charge in [0.15, 0.2) is 0 Å². The quantitative estimate of drug-likeness (QED) is 0.906. The molecule has 1 heterocycles. The van der Waals surface area contributed by atoms with Gasteiger partial charge >= 0.3 is 0 Å². The van der Waals surface area contributed by atoms with Crippen molar-refractivity contribution >= 4 is 11.6 Å². The predicted molar refractivity (Wildman–Crippen MR) is 86.1 cm³/mol. The molecule has 0 radical (unpaired) electrons. The molecule has 0 bridgehead atoms. The minimum Gasteiger partial charge on any atom is -0.326 e. The van der Waals surface area contributed by atoms with E-state index in [-0.39, 0.29) is 12.1 Å². The monoisotopic (exact) mass is 295 g/mol. The van der Waals surface area contributed by atoms with Gasteiger partial charge in [-0.2, -0.15) is 0 Å². The van der Waals surface area contributed by atoms with Crippen LogP contribution in [-0.4, -0.2) is 48.6 Å². The zero-order chi connectivity index (χ0) is 14.5. The number of likely N-dealkylation sites (N-methyl/N-ethyl adjacent to an activating group) is 1. The maximum Gasteiger partial charge on any atom is 0.0500 e. The summed E-state index contributed by atoms with van der Waals surface area (Å²) >= 11 is 6.15. The molecule has 0 aliphatic carbocycles. The van der Waals surface area contributed by atoms with Crippen molar-refractivity contribution in [3.8, 4) is 0 Å². The second-order valence-electron chi connectivity index (χ2n) is 5.54. The van der Waals surface area contributed by atoms with Gasteiger partial charge in [-0.25, -0.2) is 0 Å². The molecule has 1 aliphatic heterocycles. The van der Waals surface area contributed by atoms with E-state index in [0.29, 0.717) is 0 Å². The van der Waals surface area contributed by atoms with Crippen LogP contribution in [0.1, 0.15) is 31.9 Å². The lowest BCUT2D eigenvalue weighted by atomic mass is 9.95. The predicted octanol–water partition coefficient (Wildman–Crippen LogP) is 2.76. The molecule has 1 aromatic carbocycles. The van der Waals surface area contributed by atoms with Crippen LogP contribution in [0.5, 0.6) is 0 Å². The Morgan fingerprint density at radius 3 is 2.45 bits per heavy atom. The maximum atomic E-state index is 6.40. The highest BCUT2D eigenvalue weighted by molar-refractivity contribution is 6.30. The lowest BCUT2D eigenvalue weighted by molar-refractivity contribution is 0.0865. The summed E-state index contributed by atoms with van der Waals surface area (Å²) < 4.78 is 0. The maximum absolute atomic E-state index is 6.40. The number of nitrogens with two attached hydrogens (primary N) is 1. The Labute approximate surface area is 127 Å². The van der Waals surface area contributed by atoms with Crippen LogP contribution in [0.3, 0.4) is 0 Å². The number of nitrogens with zero attached hydrogens (tertiary/aromatic N) is 2. The second kappa shape index (κ2) is 7.41. The summed E-state index contributed by atoms with van der Waals surface area (Å²) in [6, 6.07) is 8.59. The highest BCUT2D eigenvalue weighted by atomic mass is 35.5. The van der Waals surface area contributed by atoms with Gasteiger partial charge < -0.3 is 10.6 Å². The molecule has 4 heteroatoms. The van der Waals surface area contributed by atoms with Gasteiger partial charge in [0.1, 0.15) is 0 Å². The summed E-state index contributed by atoms with van der Waals surface area (Å²) in [5.41, 5.74) is 7.65. The fraction of sp³-hybridized carbons (Fsp3) is 0.625. The molecule has 0 aromatic heterocycles. The molecule has 1 saturated heterocycles. The Morgan fingerprint density at radius 1 is 1.20 bits per heavy atom. The molecular weight excluding hydrogens is 270 g/mol. The van der Waals surface area contributed by atoms with Crippen molar-refractivity contribution < 1.29 is 0 Å². The second-order valence-corrected chi connectivity index (χ2v) is 5.98. The van der Waals surface area contributed by atoms with E-state index in [0.717, 1.165) is 44.2 Å². The summed E-state index contributed by atoms with van der Waals surface area (Å²) in [6.07, 6.45) is 0.977. The molecule has 3 nitrogen and oxygen atoms in total. The van der Waals surface area contributed by atoms with Crippen LogP contribution in [0.2, 0.25) is 5.02 Å². The Morgan fingerprint density at radius 2 is 1.90 bits per heavy atom. The third-order valence-corrected chi connectivity index (χ3v) is 4.55. The minimum absolute atomic E-state index is 0.154.